The molecule has 1 aliphatic heterocycles. The predicted octanol–water partition coefficient (Wildman–Crippen LogP) is 2.45. The van der Waals surface area contributed by atoms with Crippen molar-refractivity contribution in [3.8, 4) is 5.69 Å². The molecule has 1 aromatic carbocycles. The molecular weight excluding hydrogens is 302 g/mol. The lowest BCUT2D eigenvalue weighted by atomic mass is 10.1. The van der Waals surface area contributed by atoms with E-state index in [1.807, 2.05) is 41.1 Å². The Bertz CT molecular complexity index is 642. The molecule has 1 fully saturated rings. The normalized spacial score (nSPS) is 22.5. The number of benzene rings is 1. The van der Waals surface area contributed by atoms with Crippen LogP contribution in [0.1, 0.15) is 25.3 Å². The number of rotatable bonds is 4. The highest BCUT2D eigenvalue weighted by Gasteiger charge is 2.34. The number of alkyl halides is 1. The Morgan fingerprint density at radius 2 is 2.23 bits per heavy atom. The minimum Gasteiger partial charge on any atom is -0.368 e. The lowest BCUT2D eigenvalue weighted by molar-refractivity contribution is -0.121. The van der Waals surface area contributed by atoms with Crippen LogP contribution >= 0.6 is 11.6 Å². The molecule has 3 atom stereocenters. The molecule has 5 nitrogen and oxygen atoms in total. The van der Waals surface area contributed by atoms with Gasteiger partial charge in [0.2, 0.25) is 5.91 Å². The SMILES string of the molecule is CC(Cl)C(=O)N[C@@H]1CCO[C@H]1c1nccn1-c1ccccc1. The summed E-state index contributed by atoms with van der Waals surface area (Å²) in [6.45, 7) is 2.25. The number of para-hydroxylation sites is 1. The van der Waals surface area contributed by atoms with Gasteiger partial charge in [-0.1, -0.05) is 18.2 Å². The van der Waals surface area contributed by atoms with E-state index in [1.165, 1.54) is 0 Å². The fourth-order valence-electron chi connectivity index (χ4n) is 2.62. The standard InChI is InChI=1S/C16H18ClN3O2/c1-11(17)16(21)19-13-7-10-22-14(13)15-18-8-9-20(15)12-5-3-2-4-6-12/h2-6,8-9,11,13-14H,7,10H2,1H3,(H,19,21)/t11?,13-,14-/m1/s1. The van der Waals surface area contributed by atoms with Crippen LogP contribution < -0.4 is 5.32 Å². The summed E-state index contributed by atoms with van der Waals surface area (Å²) in [7, 11) is 0. The molecule has 0 radical (unpaired) electrons. The third-order valence-electron chi connectivity index (χ3n) is 3.74. The van der Waals surface area contributed by atoms with Crippen LogP contribution in [0.2, 0.25) is 0 Å². The number of carbonyl (C=O) groups is 1. The molecule has 22 heavy (non-hydrogen) atoms. The monoisotopic (exact) mass is 319 g/mol. The van der Waals surface area contributed by atoms with Crippen LogP contribution in [0.3, 0.4) is 0 Å². The number of ether oxygens (including phenoxy) is 1. The first kappa shape index (κ1) is 15.1. The first-order valence-electron chi connectivity index (χ1n) is 7.31. The van der Waals surface area contributed by atoms with Gasteiger partial charge in [-0.3, -0.25) is 4.79 Å². The zero-order valence-corrected chi connectivity index (χ0v) is 13.0. The number of carbonyl (C=O) groups excluding carboxylic acids is 1. The van der Waals surface area contributed by atoms with Gasteiger partial charge in [-0.15, -0.1) is 11.6 Å². The molecule has 2 heterocycles. The van der Waals surface area contributed by atoms with Crippen LogP contribution in [-0.4, -0.2) is 33.5 Å². The van der Waals surface area contributed by atoms with Crippen molar-refractivity contribution in [2.24, 2.45) is 0 Å². The summed E-state index contributed by atoms with van der Waals surface area (Å²) in [5.74, 6) is 0.608. The maximum Gasteiger partial charge on any atom is 0.238 e. The molecule has 1 N–H and O–H groups in total. The summed E-state index contributed by atoms with van der Waals surface area (Å²) in [4.78, 5) is 16.3. The molecule has 1 saturated heterocycles. The van der Waals surface area contributed by atoms with E-state index in [2.05, 4.69) is 10.3 Å². The van der Waals surface area contributed by atoms with E-state index in [-0.39, 0.29) is 18.1 Å². The van der Waals surface area contributed by atoms with Crippen LogP contribution in [0.4, 0.5) is 0 Å². The lowest BCUT2D eigenvalue weighted by Gasteiger charge is -2.21. The molecule has 6 heteroatoms. The summed E-state index contributed by atoms with van der Waals surface area (Å²) < 4.78 is 7.80. The van der Waals surface area contributed by atoms with Gasteiger partial charge in [0.05, 0.1) is 6.04 Å². The lowest BCUT2D eigenvalue weighted by Crippen LogP contribution is -2.40. The van der Waals surface area contributed by atoms with Gasteiger partial charge in [-0.05, 0) is 25.5 Å². The van der Waals surface area contributed by atoms with Gasteiger partial charge in [0, 0.05) is 24.7 Å². The second-order valence-corrected chi connectivity index (χ2v) is 5.96. The Morgan fingerprint density at radius 3 is 2.95 bits per heavy atom. The Morgan fingerprint density at radius 1 is 1.45 bits per heavy atom. The van der Waals surface area contributed by atoms with Gasteiger partial charge in [0.15, 0.2) is 0 Å². The van der Waals surface area contributed by atoms with Crippen molar-refractivity contribution >= 4 is 17.5 Å². The van der Waals surface area contributed by atoms with E-state index >= 15 is 0 Å². The van der Waals surface area contributed by atoms with E-state index in [0.29, 0.717) is 6.61 Å². The number of hydrogen-bond donors (Lipinski definition) is 1. The van der Waals surface area contributed by atoms with Gasteiger partial charge >= 0.3 is 0 Å². The summed E-state index contributed by atoms with van der Waals surface area (Å²) >= 11 is 5.83. The van der Waals surface area contributed by atoms with Crippen LogP contribution in [0.5, 0.6) is 0 Å². The molecule has 116 valence electrons. The highest BCUT2D eigenvalue weighted by Crippen LogP contribution is 2.29. The molecule has 0 spiro atoms. The minimum absolute atomic E-state index is 0.112. The number of imidazole rings is 1. The molecule has 0 saturated carbocycles. The quantitative estimate of drug-likeness (QED) is 0.881. The smallest absolute Gasteiger partial charge is 0.238 e. The molecule has 3 rings (SSSR count). The predicted molar refractivity (Wildman–Crippen MR) is 84.1 cm³/mol. The van der Waals surface area contributed by atoms with Gasteiger partial charge in [-0.25, -0.2) is 4.98 Å². The maximum absolute atomic E-state index is 11.8. The summed E-state index contributed by atoms with van der Waals surface area (Å²) in [6.07, 6.45) is 4.12. The van der Waals surface area contributed by atoms with Crippen molar-refractivity contribution in [2.75, 3.05) is 6.61 Å². The average molecular weight is 320 g/mol. The van der Waals surface area contributed by atoms with Gasteiger partial charge in [0.1, 0.15) is 17.3 Å². The molecular formula is C16H18ClN3O2. The van der Waals surface area contributed by atoms with Crippen molar-refractivity contribution in [3.05, 3.63) is 48.5 Å². The Hall–Kier alpha value is -1.85. The Labute approximate surface area is 134 Å². The summed E-state index contributed by atoms with van der Waals surface area (Å²) in [5.41, 5.74) is 1.02. The fourth-order valence-corrected chi connectivity index (χ4v) is 2.68. The molecule has 1 aliphatic rings. The number of amides is 1. The molecule has 2 aromatic rings. The van der Waals surface area contributed by atoms with E-state index < -0.39 is 5.38 Å². The van der Waals surface area contributed by atoms with Crippen LogP contribution in [0.25, 0.3) is 5.69 Å². The molecule has 1 amide bonds. The summed E-state index contributed by atoms with van der Waals surface area (Å²) in [5, 5.41) is 2.39. The highest BCUT2D eigenvalue weighted by atomic mass is 35.5. The first-order chi connectivity index (χ1) is 10.7. The second-order valence-electron chi connectivity index (χ2n) is 5.30. The average Bonchev–Trinajstić information content (AvgIpc) is 3.16. The van der Waals surface area contributed by atoms with Crippen molar-refractivity contribution in [1.82, 2.24) is 14.9 Å². The largest absolute Gasteiger partial charge is 0.368 e. The fraction of sp³-hybridized carbons (Fsp3) is 0.375. The van der Waals surface area contributed by atoms with Crippen molar-refractivity contribution < 1.29 is 9.53 Å². The van der Waals surface area contributed by atoms with E-state index in [4.69, 9.17) is 16.3 Å². The molecule has 1 aromatic heterocycles. The Kier molecular flexibility index (Phi) is 4.45. The highest BCUT2D eigenvalue weighted by molar-refractivity contribution is 6.30. The number of hydrogen-bond acceptors (Lipinski definition) is 3. The Balaban J connectivity index is 1.85. The van der Waals surface area contributed by atoms with E-state index in [1.54, 1.807) is 13.1 Å². The third kappa shape index (κ3) is 3.00. The minimum atomic E-state index is -0.560. The van der Waals surface area contributed by atoms with Crippen molar-refractivity contribution in [2.45, 2.75) is 30.9 Å². The molecule has 1 unspecified atom stereocenters. The van der Waals surface area contributed by atoms with Crippen LogP contribution in [0.15, 0.2) is 42.7 Å². The summed E-state index contributed by atoms with van der Waals surface area (Å²) in [6, 6.07) is 9.82. The van der Waals surface area contributed by atoms with Gasteiger partial charge in [0.25, 0.3) is 0 Å². The number of nitrogens with one attached hydrogen (secondary N) is 1. The first-order valence-corrected chi connectivity index (χ1v) is 7.75. The third-order valence-corrected chi connectivity index (χ3v) is 3.94. The number of aromatic nitrogens is 2. The maximum atomic E-state index is 11.8. The topological polar surface area (TPSA) is 56.1 Å². The molecule has 0 aliphatic carbocycles. The number of nitrogens with zero attached hydrogens (tertiary/aromatic N) is 2. The van der Waals surface area contributed by atoms with E-state index in [0.717, 1.165) is 17.9 Å². The zero-order chi connectivity index (χ0) is 15.5. The molecule has 0 bridgehead atoms. The van der Waals surface area contributed by atoms with E-state index in [9.17, 15) is 4.79 Å². The van der Waals surface area contributed by atoms with Crippen molar-refractivity contribution in [1.29, 1.82) is 0 Å². The number of halogens is 1. The second kappa shape index (κ2) is 6.50. The van der Waals surface area contributed by atoms with Gasteiger partial charge in [-0.2, -0.15) is 0 Å². The van der Waals surface area contributed by atoms with Gasteiger partial charge < -0.3 is 14.6 Å². The van der Waals surface area contributed by atoms with Crippen molar-refractivity contribution in [3.63, 3.8) is 0 Å². The zero-order valence-electron chi connectivity index (χ0n) is 12.3. The van der Waals surface area contributed by atoms with Crippen LogP contribution in [0, 0.1) is 0 Å². The van der Waals surface area contributed by atoms with Crippen LogP contribution in [-0.2, 0) is 9.53 Å².